The fourth-order valence-electron chi connectivity index (χ4n) is 2.49. The van der Waals surface area contributed by atoms with E-state index in [4.69, 9.17) is 9.84 Å². The van der Waals surface area contributed by atoms with Crippen LogP contribution in [-0.2, 0) is 5.60 Å². The first-order chi connectivity index (χ1) is 8.35. The molecular weight excluding hydrogens is 228 g/mol. The molecule has 18 heavy (non-hydrogen) atoms. The fourth-order valence-corrected chi connectivity index (χ4v) is 2.49. The molecule has 1 atom stereocenters. The first-order valence-electron chi connectivity index (χ1n) is 6.33. The van der Waals surface area contributed by atoms with Crippen molar-refractivity contribution >= 4 is 0 Å². The number of hydrogen-bond acceptors (Lipinski definition) is 3. The highest BCUT2D eigenvalue weighted by atomic mass is 16.5. The molecule has 0 fully saturated rings. The maximum atomic E-state index is 10.6. The van der Waals surface area contributed by atoms with Gasteiger partial charge in [0.25, 0.3) is 0 Å². The van der Waals surface area contributed by atoms with Gasteiger partial charge in [-0.05, 0) is 68.9 Å². The molecule has 0 aliphatic rings. The Labute approximate surface area is 109 Å². The van der Waals surface area contributed by atoms with Crippen molar-refractivity contribution in [1.29, 1.82) is 0 Å². The summed E-state index contributed by atoms with van der Waals surface area (Å²) in [6.07, 6.45) is 1.14. The van der Waals surface area contributed by atoms with Crippen LogP contribution in [0.5, 0.6) is 5.75 Å². The van der Waals surface area contributed by atoms with Crippen molar-refractivity contribution < 1.29 is 14.9 Å². The molecule has 1 aromatic rings. The Morgan fingerprint density at radius 1 is 1.22 bits per heavy atom. The van der Waals surface area contributed by atoms with Gasteiger partial charge in [0.2, 0.25) is 0 Å². The summed E-state index contributed by atoms with van der Waals surface area (Å²) in [5.41, 5.74) is 3.16. The van der Waals surface area contributed by atoms with Crippen molar-refractivity contribution in [3.8, 4) is 5.75 Å². The minimum absolute atomic E-state index is 0.101. The standard InChI is InChI=1S/C15H24O3/c1-10-9-13(15(4,17)7-6-8-16)11(2)12(3)14(10)18-5/h9,16-17H,6-8H2,1-5H3. The van der Waals surface area contributed by atoms with Crippen molar-refractivity contribution in [3.63, 3.8) is 0 Å². The lowest BCUT2D eigenvalue weighted by Gasteiger charge is -2.28. The lowest BCUT2D eigenvalue weighted by atomic mass is 9.85. The summed E-state index contributed by atoms with van der Waals surface area (Å²) in [7, 11) is 1.67. The van der Waals surface area contributed by atoms with Crippen LogP contribution in [0.2, 0.25) is 0 Å². The molecular formula is C15H24O3. The van der Waals surface area contributed by atoms with Crippen LogP contribution in [0.4, 0.5) is 0 Å². The second-order valence-electron chi connectivity index (χ2n) is 5.13. The van der Waals surface area contributed by atoms with Gasteiger partial charge in [0.1, 0.15) is 5.75 Å². The number of hydrogen-bond donors (Lipinski definition) is 2. The zero-order valence-corrected chi connectivity index (χ0v) is 12.0. The maximum Gasteiger partial charge on any atom is 0.124 e. The van der Waals surface area contributed by atoms with Crippen LogP contribution in [0.3, 0.4) is 0 Å². The van der Waals surface area contributed by atoms with Gasteiger partial charge in [0, 0.05) is 6.61 Å². The van der Waals surface area contributed by atoms with Gasteiger partial charge in [-0.2, -0.15) is 0 Å². The summed E-state index contributed by atoms with van der Waals surface area (Å²) in [5, 5.41) is 19.5. The van der Waals surface area contributed by atoms with Gasteiger partial charge < -0.3 is 14.9 Å². The van der Waals surface area contributed by atoms with E-state index >= 15 is 0 Å². The Morgan fingerprint density at radius 3 is 2.33 bits per heavy atom. The van der Waals surface area contributed by atoms with E-state index in [2.05, 4.69) is 0 Å². The molecule has 0 aromatic heterocycles. The Balaban J connectivity index is 3.25. The maximum absolute atomic E-state index is 10.6. The highest BCUT2D eigenvalue weighted by Gasteiger charge is 2.26. The van der Waals surface area contributed by atoms with Crippen LogP contribution in [-0.4, -0.2) is 23.9 Å². The van der Waals surface area contributed by atoms with Crippen LogP contribution >= 0.6 is 0 Å². The van der Waals surface area contributed by atoms with Gasteiger partial charge in [-0.3, -0.25) is 0 Å². The first kappa shape index (κ1) is 15.0. The van der Waals surface area contributed by atoms with Crippen LogP contribution in [0, 0.1) is 20.8 Å². The molecule has 2 N–H and O–H groups in total. The summed E-state index contributed by atoms with van der Waals surface area (Å²) < 4.78 is 5.38. The molecule has 0 amide bonds. The van der Waals surface area contributed by atoms with E-state index < -0.39 is 5.60 Å². The third-order valence-corrected chi connectivity index (χ3v) is 3.63. The largest absolute Gasteiger partial charge is 0.496 e. The molecule has 3 nitrogen and oxygen atoms in total. The minimum Gasteiger partial charge on any atom is -0.496 e. The Kier molecular flexibility index (Phi) is 4.77. The van der Waals surface area contributed by atoms with E-state index in [0.29, 0.717) is 12.8 Å². The van der Waals surface area contributed by atoms with Gasteiger partial charge in [0.05, 0.1) is 12.7 Å². The Bertz CT molecular complexity index is 422. The molecule has 1 unspecified atom stereocenters. The van der Waals surface area contributed by atoms with Crippen molar-refractivity contribution in [2.75, 3.05) is 13.7 Å². The van der Waals surface area contributed by atoms with E-state index in [1.54, 1.807) is 14.0 Å². The van der Waals surface area contributed by atoms with Crippen LogP contribution in [0.1, 0.15) is 42.0 Å². The van der Waals surface area contributed by atoms with Crippen LogP contribution in [0.15, 0.2) is 6.07 Å². The fraction of sp³-hybridized carbons (Fsp3) is 0.600. The zero-order valence-electron chi connectivity index (χ0n) is 12.0. The second kappa shape index (κ2) is 5.72. The molecule has 0 aliphatic carbocycles. The Morgan fingerprint density at radius 2 is 1.83 bits per heavy atom. The summed E-state index contributed by atoms with van der Waals surface area (Å²) in [6.45, 7) is 7.89. The average Bonchev–Trinajstić information content (AvgIpc) is 2.32. The lowest BCUT2D eigenvalue weighted by Crippen LogP contribution is -2.23. The average molecular weight is 252 g/mol. The van der Waals surface area contributed by atoms with Gasteiger partial charge in [-0.15, -0.1) is 0 Å². The third kappa shape index (κ3) is 2.85. The molecule has 0 bridgehead atoms. The van der Waals surface area contributed by atoms with Crippen molar-refractivity contribution in [1.82, 2.24) is 0 Å². The van der Waals surface area contributed by atoms with Gasteiger partial charge in [0.15, 0.2) is 0 Å². The molecule has 0 radical (unpaired) electrons. The summed E-state index contributed by atoms with van der Waals surface area (Å²) in [4.78, 5) is 0. The topological polar surface area (TPSA) is 49.7 Å². The number of ether oxygens (including phenoxy) is 1. The van der Waals surface area contributed by atoms with Crippen molar-refractivity contribution in [3.05, 3.63) is 28.3 Å². The molecule has 0 spiro atoms. The molecule has 0 heterocycles. The van der Waals surface area contributed by atoms with Crippen molar-refractivity contribution in [2.45, 2.75) is 46.1 Å². The Hall–Kier alpha value is -1.06. The third-order valence-electron chi connectivity index (χ3n) is 3.63. The normalized spacial score (nSPS) is 14.4. The van der Waals surface area contributed by atoms with E-state index in [1.165, 1.54) is 0 Å². The molecule has 3 heteroatoms. The lowest BCUT2D eigenvalue weighted by molar-refractivity contribution is 0.0396. The van der Waals surface area contributed by atoms with Gasteiger partial charge >= 0.3 is 0 Å². The van der Waals surface area contributed by atoms with Gasteiger partial charge in [-0.1, -0.05) is 0 Å². The van der Waals surface area contributed by atoms with E-state index in [0.717, 1.165) is 28.0 Å². The molecule has 0 saturated heterocycles. The van der Waals surface area contributed by atoms with Crippen LogP contribution in [0.25, 0.3) is 0 Å². The zero-order chi connectivity index (χ0) is 13.9. The monoisotopic (exact) mass is 252 g/mol. The minimum atomic E-state index is -0.908. The number of rotatable bonds is 5. The molecule has 1 rings (SSSR count). The summed E-state index contributed by atoms with van der Waals surface area (Å²) in [6, 6.07) is 1.98. The number of methoxy groups -OCH3 is 1. The summed E-state index contributed by atoms with van der Waals surface area (Å²) in [5.74, 6) is 0.884. The second-order valence-corrected chi connectivity index (χ2v) is 5.13. The SMILES string of the molecule is COc1c(C)cc(C(C)(O)CCCO)c(C)c1C. The molecule has 0 saturated carbocycles. The first-order valence-corrected chi connectivity index (χ1v) is 6.33. The quantitative estimate of drug-likeness (QED) is 0.847. The number of aliphatic hydroxyl groups is 2. The number of aliphatic hydroxyl groups excluding tert-OH is 1. The van der Waals surface area contributed by atoms with E-state index in [-0.39, 0.29) is 6.61 Å². The van der Waals surface area contributed by atoms with Crippen molar-refractivity contribution in [2.24, 2.45) is 0 Å². The predicted octanol–water partition coefficient (Wildman–Crippen LogP) is 2.60. The smallest absolute Gasteiger partial charge is 0.124 e. The molecule has 1 aromatic carbocycles. The van der Waals surface area contributed by atoms with E-state index in [1.807, 2.05) is 26.8 Å². The molecule has 0 aliphatic heterocycles. The number of aryl methyl sites for hydroxylation is 1. The van der Waals surface area contributed by atoms with E-state index in [9.17, 15) is 5.11 Å². The predicted molar refractivity (Wildman–Crippen MR) is 73.1 cm³/mol. The van der Waals surface area contributed by atoms with Gasteiger partial charge in [-0.25, -0.2) is 0 Å². The van der Waals surface area contributed by atoms with Crippen LogP contribution < -0.4 is 4.74 Å². The highest BCUT2D eigenvalue weighted by molar-refractivity contribution is 5.50. The highest BCUT2D eigenvalue weighted by Crippen LogP contribution is 2.35. The summed E-state index contributed by atoms with van der Waals surface area (Å²) >= 11 is 0. The molecule has 102 valence electrons. The number of benzene rings is 1.